The van der Waals surface area contributed by atoms with Gasteiger partial charge in [0, 0.05) is 13.1 Å². The van der Waals surface area contributed by atoms with E-state index in [1.54, 1.807) is 6.07 Å². The number of rotatable bonds is 7. The number of esters is 1. The van der Waals surface area contributed by atoms with Crippen molar-refractivity contribution >= 4 is 27.5 Å². The maximum Gasteiger partial charge on any atom is 0.356 e. The fourth-order valence-corrected chi connectivity index (χ4v) is 1.90. The van der Waals surface area contributed by atoms with Gasteiger partial charge in [0.2, 0.25) is 10.0 Å². The maximum absolute atomic E-state index is 11.3. The van der Waals surface area contributed by atoms with Gasteiger partial charge in [-0.15, -0.1) is 0 Å². The lowest BCUT2D eigenvalue weighted by Gasteiger charge is -2.09. The molecule has 0 saturated heterocycles. The van der Waals surface area contributed by atoms with Gasteiger partial charge in [-0.25, -0.2) is 22.9 Å². The summed E-state index contributed by atoms with van der Waals surface area (Å²) in [6.07, 6.45) is 1.65. The summed E-state index contributed by atoms with van der Waals surface area (Å²) in [6, 6.07) is 3.02. The van der Waals surface area contributed by atoms with E-state index in [4.69, 9.17) is 5.73 Å². The molecule has 0 unspecified atom stereocenters. The Morgan fingerprint density at radius 2 is 2.10 bits per heavy atom. The van der Waals surface area contributed by atoms with Gasteiger partial charge >= 0.3 is 5.97 Å². The van der Waals surface area contributed by atoms with Gasteiger partial charge in [-0.2, -0.15) is 0 Å². The van der Waals surface area contributed by atoms with Gasteiger partial charge in [0.1, 0.15) is 5.82 Å². The molecule has 0 atom stereocenters. The molecular formula is C11H18N4O4S. The minimum Gasteiger partial charge on any atom is -0.464 e. The molecule has 20 heavy (non-hydrogen) atoms. The van der Waals surface area contributed by atoms with Gasteiger partial charge in [-0.3, -0.25) is 0 Å². The Bertz CT molecular complexity index is 574. The number of pyridine rings is 1. The minimum atomic E-state index is -3.18. The Morgan fingerprint density at radius 3 is 2.70 bits per heavy atom. The molecule has 112 valence electrons. The molecule has 1 aromatic heterocycles. The molecule has 0 bridgehead atoms. The molecule has 0 aliphatic rings. The number of methoxy groups -OCH3 is 1. The van der Waals surface area contributed by atoms with Gasteiger partial charge in [-0.05, 0) is 18.6 Å². The van der Waals surface area contributed by atoms with Crippen molar-refractivity contribution in [3.63, 3.8) is 0 Å². The van der Waals surface area contributed by atoms with E-state index < -0.39 is 16.0 Å². The quantitative estimate of drug-likeness (QED) is 0.471. The molecule has 1 rings (SSSR count). The van der Waals surface area contributed by atoms with Crippen LogP contribution in [0.4, 0.5) is 11.5 Å². The van der Waals surface area contributed by atoms with Crippen LogP contribution in [0, 0.1) is 0 Å². The lowest BCUT2D eigenvalue weighted by atomic mass is 10.3. The molecule has 0 saturated carbocycles. The zero-order chi connectivity index (χ0) is 15.2. The van der Waals surface area contributed by atoms with Crippen molar-refractivity contribution in [3.8, 4) is 0 Å². The maximum atomic E-state index is 11.3. The number of anilines is 2. The molecule has 1 heterocycles. The van der Waals surface area contributed by atoms with Crippen LogP contribution < -0.4 is 15.8 Å². The second kappa shape index (κ2) is 7.06. The highest BCUT2D eigenvalue weighted by Crippen LogP contribution is 2.15. The number of hydrogen-bond acceptors (Lipinski definition) is 7. The number of carbonyl (C=O) groups excluding carboxylic acids is 1. The lowest BCUT2D eigenvalue weighted by molar-refractivity contribution is 0.0594. The highest BCUT2D eigenvalue weighted by molar-refractivity contribution is 7.88. The van der Waals surface area contributed by atoms with Crippen molar-refractivity contribution in [2.24, 2.45) is 0 Å². The molecule has 0 amide bonds. The Labute approximate surface area is 117 Å². The Hall–Kier alpha value is -1.87. The summed E-state index contributed by atoms with van der Waals surface area (Å²) in [6.45, 7) is 0.771. The number of nitrogens with two attached hydrogens (primary N) is 1. The smallest absolute Gasteiger partial charge is 0.356 e. The fourth-order valence-electron chi connectivity index (χ4n) is 1.38. The molecule has 8 nitrogen and oxygen atoms in total. The van der Waals surface area contributed by atoms with Gasteiger partial charge in [0.25, 0.3) is 0 Å². The van der Waals surface area contributed by atoms with Crippen LogP contribution in [0.2, 0.25) is 0 Å². The summed E-state index contributed by atoms with van der Waals surface area (Å²) in [5.74, 6) is -0.181. The monoisotopic (exact) mass is 302 g/mol. The number of carbonyl (C=O) groups is 1. The van der Waals surface area contributed by atoms with Crippen LogP contribution in [0.5, 0.6) is 0 Å². The molecule has 4 N–H and O–H groups in total. The third kappa shape index (κ3) is 5.41. The first-order valence-corrected chi connectivity index (χ1v) is 7.76. The second-order valence-electron chi connectivity index (χ2n) is 4.07. The average molecular weight is 302 g/mol. The van der Waals surface area contributed by atoms with E-state index in [9.17, 15) is 13.2 Å². The van der Waals surface area contributed by atoms with Crippen molar-refractivity contribution in [2.45, 2.75) is 6.42 Å². The molecule has 0 fully saturated rings. The van der Waals surface area contributed by atoms with Crippen LogP contribution in [0.1, 0.15) is 16.9 Å². The van der Waals surface area contributed by atoms with Crippen molar-refractivity contribution < 1.29 is 17.9 Å². The Kier molecular flexibility index (Phi) is 5.71. The third-order valence-electron chi connectivity index (χ3n) is 2.33. The standard InChI is InChI=1S/C11H18N4O4S/c1-19-11(16)9-5-4-8(12)10(15-9)13-6-3-7-14-20(2,17)18/h4-5,14H,3,6-7,12H2,1-2H3,(H,13,15). The first-order valence-electron chi connectivity index (χ1n) is 5.87. The molecule has 9 heteroatoms. The molecule has 0 aromatic carbocycles. The Morgan fingerprint density at radius 1 is 1.40 bits per heavy atom. The molecule has 0 aliphatic heterocycles. The summed E-state index contributed by atoms with van der Waals surface area (Å²) < 4.78 is 28.6. The van der Waals surface area contributed by atoms with E-state index in [1.807, 2.05) is 0 Å². The van der Waals surface area contributed by atoms with Crippen LogP contribution in [-0.2, 0) is 14.8 Å². The van der Waals surface area contributed by atoms with Crippen LogP contribution in [0.15, 0.2) is 12.1 Å². The Balaban J connectivity index is 2.53. The van der Waals surface area contributed by atoms with Crippen LogP contribution >= 0.6 is 0 Å². The largest absolute Gasteiger partial charge is 0.464 e. The number of hydrogen-bond donors (Lipinski definition) is 3. The van der Waals surface area contributed by atoms with Crippen molar-refractivity contribution in [1.82, 2.24) is 9.71 Å². The SMILES string of the molecule is COC(=O)c1ccc(N)c(NCCCNS(C)(=O)=O)n1. The predicted octanol–water partition coefficient (Wildman–Crippen LogP) is -0.198. The van der Waals surface area contributed by atoms with Crippen molar-refractivity contribution in [2.75, 3.05) is 37.5 Å². The number of nitrogen functional groups attached to an aromatic ring is 1. The number of ether oxygens (including phenoxy) is 1. The van der Waals surface area contributed by atoms with E-state index in [1.165, 1.54) is 13.2 Å². The van der Waals surface area contributed by atoms with Crippen molar-refractivity contribution in [3.05, 3.63) is 17.8 Å². The van der Waals surface area contributed by atoms with Crippen LogP contribution in [0.3, 0.4) is 0 Å². The molecule has 0 radical (unpaired) electrons. The first-order chi connectivity index (χ1) is 9.33. The summed E-state index contributed by atoms with van der Waals surface area (Å²) in [5.41, 5.74) is 6.27. The van der Waals surface area contributed by atoms with Gasteiger partial charge in [0.05, 0.1) is 19.1 Å². The number of aromatic nitrogens is 1. The van der Waals surface area contributed by atoms with Gasteiger partial charge in [0.15, 0.2) is 5.69 Å². The first kappa shape index (κ1) is 16.2. The minimum absolute atomic E-state index is 0.151. The van der Waals surface area contributed by atoms with E-state index in [2.05, 4.69) is 19.8 Å². The van der Waals surface area contributed by atoms with E-state index in [-0.39, 0.29) is 5.69 Å². The third-order valence-corrected chi connectivity index (χ3v) is 3.06. The topological polar surface area (TPSA) is 123 Å². The van der Waals surface area contributed by atoms with Crippen molar-refractivity contribution in [1.29, 1.82) is 0 Å². The molecule has 0 spiro atoms. The average Bonchev–Trinajstić information content (AvgIpc) is 2.38. The summed E-state index contributed by atoms with van der Waals surface area (Å²) >= 11 is 0. The highest BCUT2D eigenvalue weighted by Gasteiger charge is 2.10. The predicted molar refractivity (Wildman–Crippen MR) is 75.9 cm³/mol. The van der Waals surface area contributed by atoms with E-state index in [0.29, 0.717) is 31.0 Å². The molecule has 0 aliphatic carbocycles. The zero-order valence-electron chi connectivity index (χ0n) is 11.3. The summed E-state index contributed by atoms with van der Waals surface area (Å²) in [5, 5.41) is 2.94. The van der Waals surface area contributed by atoms with Crippen LogP contribution in [0.25, 0.3) is 0 Å². The molecule has 1 aromatic rings. The number of nitrogens with one attached hydrogen (secondary N) is 2. The summed E-state index contributed by atoms with van der Waals surface area (Å²) in [4.78, 5) is 15.4. The van der Waals surface area contributed by atoms with Gasteiger partial charge < -0.3 is 15.8 Å². The van der Waals surface area contributed by atoms with Gasteiger partial charge in [-0.1, -0.05) is 0 Å². The number of nitrogens with zero attached hydrogens (tertiary/aromatic N) is 1. The fraction of sp³-hybridized carbons (Fsp3) is 0.455. The highest BCUT2D eigenvalue weighted by atomic mass is 32.2. The molecular weight excluding hydrogens is 284 g/mol. The lowest BCUT2D eigenvalue weighted by Crippen LogP contribution is -2.24. The van der Waals surface area contributed by atoms with E-state index >= 15 is 0 Å². The van der Waals surface area contributed by atoms with Crippen LogP contribution in [-0.4, -0.2) is 45.8 Å². The second-order valence-corrected chi connectivity index (χ2v) is 5.91. The number of sulfonamides is 1. The normalized spacial score (nSPS) is 11.1. The summed E-state index contributed by atoms with van der Waals surface area (Å²) in [7, 11) is -1.91. The van der Waals surface area contributed by atoms with E-state index in [0.717, 1.165) is 6.26 Å². The zero-order valence-corrected chi connectivity index (χ0v) is 12.2.